The van der Waals surface area contributed by atoms with E-state index in [1.807, 2.05) is 0 Å². The predicted octanol–water partition coefficient (Wildman–Crippen LogP) is 0.150. The van der Waals surface area contributed by atoms with Gasteiger partial charge in [0.1, 0.15) is 6.04 Å². The van der Waals surface area contributed by atoms with E-state index < -0.39 is 29.4 Å². The van der Waals surface area contributed by atoms with Gasteiger partial charge in [0.05, 0.1) is 6.61 Å². The zero-order chi connectivity index (χ0) is 16.0. The molecule has 7 nitrogen and oxygen atoms in total. The number of nitrogens with two attached hydrogens (primary N) is 1. The van der Waals surface area contributed by atoms with Crippen LogP contribution in [0.2, 0.25) is 0 Å². The van der Waals surface area contributed by atoms with E-state index in [2.05, 4.69) is 5.32 Å². The van der Waals surface area contributed by atoms with Gasteiger partial charge in [-0.25, -0.2) is 4.79 Å². The molecule has 0 spiro atoms. The molecule has 1 aromatic carbocycles. The summed E-state index contributed by atoms with van der Waals surface area (Å²) in [5.74, 6) is -2.93. The first-order valence-electron chi connectivity index (χ1n) is 6.36. The van der Waals surface area contributed by atoms with Crippen molar-refractivity contribution in [2.45, 2.75) is 25.4 Å². The van der Waals surface area contributed by atoms with Gasteiger partial charge in [-0.2, -0.15) is 0 Å². The third-order valence-corrected chi connectivity index (χ3v) is 3.00. The molecule has 0 aliphatic heterocycles. The Morgan fingerprint density at radius 1 is 1.33 bits per heavy atom. The van der Waals surface area contributed by atoms with E-state index in [0.29, 0.717) is 0 Å². The number of carboxylic acid groups (broad SMARTS) is 1. The number of rotatable bonds is 6. The number of benzene rings is 1. The first kappa shape index (κ1) is 16.6. The lowest BCUT2D eigenvalue weighted by molar-refractivity contribution is -0.156. The van der Waals surface area contributed by atoms with Crippen molar-refractivity contribution in [1.29, 1.82) is 0 Å². The van der Waals surface area contributed by atoms with Crippen LogP contribution in [0.15, 0.2) is 30.3 Å². The first-order chi connectivity index (χ1) is 9.82. The van der Waals surface area contributed by atoms with Gasteiger partial charge in [-0.05, 0) is 26.0 Å². The van der Waals surface area contributed by atoms with Gasteiger partial charge < -0.3 is 20.9 Å². The van der Waals surface area contributed by atoms with Gasteiger partial charge in [0.2, 0.25) is 0 Å². The minimum absolute atomic E-state index is 0.0436. The number of amides is 1. The Morgan fingerprint density at radius 3 is 2.38 bits per heavy atom. The standard InChI is InChI=1S/C14H18N2O5/c1-3-21-13(20)14(2,10(15)12(18)19)16-11(17)9-7-5-4-6-8-9/h4-8,10H,3,15H2,1-2H3,(H,16,17)(H,18,19)/t10-,14?/m1/s1. The van der Waals surface area contributed by atoms with Crippen LogP contribution < -0.4 is 11.1 Å². The second-order valence-corrected chi connectivity index (χ2v) is 4.56. The minimum atomic E-state index is -1.87. The van der Waals surface area contributed by atoms with E-state index in [9.17, 15) is 14.4 Å². The molecule has 0 saturated heterocycles. The van der Waals surface area contributed by atoms with Crippen molar-refractivity contribution in [1.82, 2.24) is 5.32 Å². The molecule has 0 fully saturated rings. The monoisotopic (exact) mass is 294 g/mol. The lowest BCUT2D eigenvalue weighted by Gasteiger charge is -2.31. The second kappa shape index (κ2) is 6.85. The van der Waals surface area contributed by atoms with Crippen molar-refractivity contribution in [3.8, 4) is 0 Å². The molecule has 1 aromatic rings. The molecular weight excluding hydrogens is 276 g/mol. The maximum absolute atomic E-state index is 12.1. The van der Waals surface area contributed by atoms with Gasteiger partial charge in [0, 0.05) is 5.56 Å². The van der Waals surface area contributed by atoms with Crippen molar-refractivity contribution in [2.24, 2.45) is 5.73 Å². The number of carbonyl (C=O) groups is 3. The van der Waals surface area contributed by atoms with E-state index in [1.54, 1.807) is 25.1 Å². The summed E-state index contributed by atoms with van der Waals surface area (Å²) in [5, 5.41) is 11.4. The summed E-state index contributed by atoms with van der Waals surface area (Å²) in [4.78, 5) is 35.2. The third kappa shape index (κ3) is 3.79. The van der Waals surface area contributed by atoms with E-state index >= 15 is 0 Å². The Hall–Kier alpha value is -2.41. The second-order valence-electron chi connectivity index (χ2n) is 4.56. The first-order valence-corrected chi connectivity index (χ1v) is 6.36. The quantitative estimate of drug-likeness (QED) is 0.643. The molecule has 7 heteroatoms. The number of aliphatic carboxylic acids is 1. The SMILES string of the molecule is CCOC(=O)C(C)(NC(=O)c1ccccc1)[C@H](N)C(=O)O. The normalized spacial score (nSPS) is 14.6. The minimum Gasteiger partial charge on any atom is -0.480 e. The Labute approximate surface area is 122 Å². The van der Waals surface area contributed by atoms with E-state index in [-0.39, 0.29) is 12.2 Å². The highest BCUT2D eigenvalue weighted by Gasteiger charge is 2.46. The van der Waals surface area contributed by atoms with Crippen LogP contribution in [0.5, 0.6) is 0 Å². The molecule has 2 atom stereocenters. The van der Waals surface area contributed by atoms with Crippen LogP contribution in [0.4, 0.5) is 0 Å². The summed E-state index contributed by atoms with van der Waals surface area (Å²) >= 11 is 0. The molecule has 0 aliphatic carbocycles. The van der Waals surface area contributed by atoms with Crippen molar-refractivity contribution < 1.29 is 24.2 Å². The molecule has 0 heterocycles. The van der Waals surface area contributed by atoms with Crippen molar-refractivity contribution in [3.05, 3.63) is 35.9 Å². The summed E-state index contributed by atoms with van der Waals surface area (Å²) in [5.41, 5.74) is 3.95. The molecule has 0 radical (unpaired) electrons. The highest BCUT2D eigenvalue weighted by atomic mass is 16.5. The molecular formula is C14H18N2O5. The van der Waals surface area contributed by atoms with Crippen molar-refractivity contribution >= 4 is 17.8 Å². The molecule has 114 valence electrons. The largest absolute Gasteiger partial charge is 0.480 e. The van der Waals surface area contributed by atoms with Crippen molar-refractivity contribution in [2.75, 3.05) is 6.61 Å². The van der Waals surface area contributed by atoms with Crippen LogP contribution in [-0.2, 0) is 14.3 Å². The molecule has 0 aliphatic rings. The molecule has 21 heavy (non-hydrogen) atoms. The van der Waals surface area contributed by atoms with Crippen molar-refractivity contribution in [3.63, 3.8) is 0 Å². The molecule has 1 amide bonds. The summed E-state index contributed by atoms with van der Waals surface area (Å²) in [6, 6.07) is 6.45. The zero-order valence-corrected chi connectivity index (χ0v) is 11.8. The average molecular weight is 294 g/mol. The number of hydrogen-bond acceptors (Lipinski definition) is 5. The van der Waals surface area contributed by atoms with Gasteiger partial charge in [0.25, 0.3) is 5.91 Å². The average Bonchev–Trinajstić information content (AvgIpc) is 2.47. The fourth-order valence-corrected chi connectivity index (χ4v) is 1.68. The summed E-state index contributed by atoms with van der Waals surface area (Å²) in [7, 11) is 0. The Kier molecular flexibility index (Phi) is 5.43. The Balaban J connectivity index is 3.05. The molecule has 0 bridgehead atoms. The van der Waals surface area contributed by atoms with E-state index in [4.69, 9.17) is 15.6 Å². The number of nitrogens with one attached hydrogen (secondary N) is 1. The number of esters is 1. The molecule has 4 N–H and O–H groups in total. The molecule has 0 aromatic heterocycles. The number of ether oxygens (including phenoxy) is 1. The highest BCUT2D eigenvalue weighted by Crippen LogP contribution is 2.13. The maximum Gasteiger partial charge on any atom is 0.333 e. The van der Waals surface area contributed by atoms with Gasteiger partial charge in [-0.1, -0.05) is 18.2 Å². The van der Waals surface area contributed by atoms with Gasteiger partial charge in [0.15, 0.2) is 5.54 Å². The van der Waals surface area contributed by atoms with E-state index in [0.717, 1.165) is 0 Å². The van der Waals surface area contributed by atoms with Crippen LogP contribution in [0, 0.1) is 0 Å². The van der Waals surface area contributed by atoms with E-state index in [1.165, 1.54) is 19.1 Å². The van der Waals surface area contributed by atoms with Crippen LogP contribution in [-0.4, -0.2) is 41.1 Å². The smallest absolute Gasteiger partial charge is 0.333 e. The summed E-state index contributed by atoms with van der Waals surface area (Å²) < 4.78 is 4.82. The van der Waals surface area contributed by atoms with Crippen LogP contribution in [0.1, 0.15) is 24.2 Å². The fraction of sp³-hybridized carbons (Fsp3) is 0.357. The molecule has 1 rings (SSSR count). The van der Waals surface area contributed by atoms with Gasteiger partial charge in [-0.3, -0.25) is 9.59 Å². The Morgan fingerprint density at radius 2 is 1.90 bits per heavy atom. The number of carbonyl (C=O) groups excluding carboxylic acids is 2. The summed E-state index contributed by atoms with van der Waals surface area (Å²) in [6.07, 6.45) is 0. The summed E-state index contributed by atoms with van der Waals surface area (Å²) in [6.45, 7) is 2.84. The third-order valence-electron chi connectivity index (χ3n) is 3.00. The number of carboxylic acids is 1. The van der Waals surface area contributed by atoms with Crippen LogP contribution >= 0.6 is 0 Å². The predicted molar refractivity (Wildman–Crippen MR) is 74.6 cm³/mol. The Bertz CT molecular complexity index is 531. The number of hydrogen-bond donors (Lipinski definition) is 3. The lowest BCUT2D eigenvalue weighted by Crippen LogP contribution is -2.66. The molecule has 1 unspecified atom stereocenters. The topological polar surface area (TPSA) is 119 Å². The van der Waals surface area contributed by atoms with Gasteiger partial charge >= 0.3 is 11.9 Å². The van der Waals surface area contributed by atoms with Crippen LogP contribution in [0.25, 0.3) is 0 Å². The highest BCUT2D eigenvalue weighted by molar-refractivity contribution is 6.00. The van der Waals surface area contributed by atoms with Gasteiger partial charge in [-0.15, -0.1) is 0 Å². The fourth-order valence-electron chi connectivity index (χ4n) is 1.68. The molecule has 0 saturated carbocycles. The lowest BCUT2D eigenvalue weighted by atomic mass is 9.92. The van der Waals surface area contributed by atoms with Crippen LogP contribution in [0.3, 0.4) is 0 Å². The maximum atomic E-state index is 12.1. The zero-order valence-electron chi connectivity index (χ0n) is 11.8.